The van der Waals surface area contributed by atoms with Gasteiger partial charge >= 0.3 is 0 Å². The van der Waals surface area contributed by atoms with E-state index in [0.717, 1.165) is 6.42 Å². The SMILES string of the molecule is NCCCNC(=O)c1ccc(OCCN)cc1. The smallest absolute Gasteiger partial charge is 0.251 e. The van der Waals surface area contributed by atoms with Crippen LogP contribution in [-0.2, 0) is 0 Å². The highest BCUT2D eigenvalue weighted by Gasteiger charge is 2.04. The first kappa shape index (κ1) is 13.5. The lowest BCUT2D eigenvalue weighted by Gasteiger charge is -2.06. The first-order chi connectivity index (χ1) is 8.27. The molecular formula is C12H19N3O2. The first-order valence-corrected chi connectivity index (χ1v) is 5.69. The van der Waals surface area contributed by atoms with Gasteiger partial charge in [0, 0.05) is 18.7 Å². The summed E-state index contributed by atoms with van der Waals surface area (Å²) in [6.07, 6.45) is 0.781. The second kappa shape index (κ2) is 7.65. The molecule has 0 saturated heterocycles. The van der Waals surface area contributed by atoms with Crippen molar-refractivity contribution >= 4 is 5.91 Å². The van der Waals surface area contributed by atoms with Crippen molar-refractivity contribution < 1.29 is 9.53 Å². The third-order valence-corrected chi connectivity index (χ3v) is 2.17. The molecule has 94 valence electrons. The molecule has 5 heteroatoms. The Balaban J connectivity index is 2.46. The van der Waals surface area contributed by atoms with E-state index in [2.05, 4.69) is 5.32 Å². The van der Waals surface area contributed by atoms with Gasteiger partial charge < -0.3 is 21.5 Å². The van der Waals surface area contributed by atoms with Crippen molar-refractivity contribution in [3.05, 3.63) is 29.8 Å². The van der Waals surface area contributed by atoms with E-state index < -0.39 is 0 Å². The second-order valence-electron chi connectivity index (χ2n) is 3.56. The zero-order valence-electron chi connectivity index (χ0n) is 9.82. The standard InChI is InChI=1S/C12H19N3O2/c13-6-1-8-15-12(16)10-2-4-11(5-3-10)17-9-7-14/h2-5H,1,6-9,13-14H2,(H,15,16). The van der Waals surface area contributed by atoms with Crippen molar-refractivity contribution in [2.24, 2.45) is 11.5 Å². The number of nitrogens with two attached hydrogens (primary N) is 2. The summed E-state index contributed by atoms with van der Waals surface area (Å²) in [6, 6.07) is 6.97. The monoisotopic (exact) mass is 237 g/mol. The average molecular weight is 237 g/mol. The molecule has 1 aromatic carbocycles. The molecule has 5 nitrogen and oxygen atoms in total. The quantitative estimate of drug-likeness (QED) is 0.587. The van der Waals surface area contributed by atoms with E-state index in [1.165, 1.54) is 0 Å². The molecule has 0 spiro atoms. The van der Waals surface area contributed by atoms with Gasteiger partial charge in [0.15, 0.2) is 0 Å². The Bertz CT molecular complexity index is 338. The van der Waals surface area contributed by atoms with Crippen LogP contribution in [-0.4, -0.2) is 32.1 Å². The molecule has 0 fully saturated rings. The molecule has 0 bridgehead atoms. The summed E-state index contributed by atoms with van der Waals surface area (Å²) in [6.45, 7) is 2.12. The fraction of sp³-hybridized carbons (Fsp3) is 0.417. The van der Waals surface area contributed by atoms with Gasteiger partial charge in [-0.05, 0) is 37.2 Å². The number of benzene rings is 1. The summed E-state index contributed by atoms with van der Waals surface area (Å²) < 4.78 is 5.32. The lowest BCUT2D eigenvalue weighted by molar-refractivity contribution is 0.0953. The third-order valence-electron chi connectivity index (χ3n) is 2.17. The van der Waals surface area contributed by atoms with Gasteiger partial charge in [-0.3, -0.25) is 4.79 Å². The number of hydrogen-bond donors (Lipinski definition) is 3. The molecule has 0 aliphatic carbocycles. The number of amides is 1. The molecule has 1 aromatic rings. The summed E-state index contributed by atoms with van der Waals surface area (Å²) in [4.78, 5) is 11.6. The van der Waals surface area contributed by atoms with Crippen LogP contribution in [0.4, 0.5) is 0 Å². The van der Waals surface area contributed by atoms with Gasteiger partial charge in [0.1, 0.15) is 12.4 Å². The largest absolute Gasteiger partial charge is 0.492 e. The van der Waals surface area contributed by atoms with Crippen LogP contribution in [0.5, 0.6) is 5.75 Å². The summed E-state index contributed by atoms with van der Waals surface area (Å²) >= 11 is 0. The van der Waals surface area contributed by atoms with Crippen LogP contribution in [0.3, 0.4) is 0 Å². The average Bonchev–Trinajstić information content (AvgIpc) is 2.37. The molecule has 1 rings (SSSR count). The van der Waals surface area contributed by atoms with Crippen molar-refractivity contribution in [3.8, 4) is 5.75 Å². The predicted molar refractivity (Wildman–Crippen MR) is 67.0 cm³/mol. The van der Waals surface area contributed by atoms with E-state index in [9.17, 15) is 4.79 Å². The van der Waals surface area contributed by atoms with E-state index in [-0.39, 0.29) is 5.91 Å². The zero-order chi connectivity index (χ0) is 12.5. The van der Waals surface area contributed by atoms with Crippen LogP contribution in [0.15, 0.2) is 24.3 Å². The number of nitrogens with one attached hydrogen (secondary N) is 1. The van der Waals surface area contributed by atoms with Gasteiger partial charge in [-0.1, -0.05) is 0 Å². The molecule has 0 aliphatic rings. The van der Waals surface area contributed by atoms with Crippen molar-refractivity contribution in [2.75, 3.05) is 26.2 Å². The second-order valence-corrected chi connectivity index (χ2v) is 3.56. The Labute approximate surface area is 101 Å². The number of hydrogen-bond acceptors (Lipinski definition) is 4. The van der Waals surface area contributed by atoms with E-state index in [0.29, 0.717) is 37.6 Å². The Morgan fingerprint density at radius 3 is 2.47 bits per heavy atom. The van der Waals surface area contributed by atoms with E-state index >= 15 is 0 Å². The minimum absolute atomic E-state index is 0.0937. The van der Waals surface area contributed by atoms with Gasteiger partial charge in [0.25, 0.3) is 5.91 Å². The first-order valence-electron chi connectivity index (χ1n) is 5.69. The Morgan fingerprint density at radius 1 is 1.18 bits per heavy atom. The predicted octanol–water partition coefficient (Wildman–Crippen LogP) is 0.103. The molecule has 0 unspecified atom stereocenters. The molecule has 0 aromatic heterocycles. The van der Waals surface area contributed by atoms with Crippen LogP contribution in [0.25, 0.3) is 0 Å². The Hall–Kier alpha value is -1.59. The third kappa shape index (κ3) is 4.84. The van der Waals surface area contributed by atoms with Crippen molar-refractivity contribution in [1.82, 2.24) is 5.32 Å². The van der Waals surface area contributed by atoms with Gasteiger partial charge in [0.05, 0.1) is 0 Å². The summed E-state index contributed by atoms with van der Waals surface area (Å²) in [5.74, 6) is 0.623. The van der Waals surface area contributed by atoms with Crippen LogP contribution in [0.2, 0.25) is 0 Å². The maximum absolute atomic E-state index is 11.6. The topological polar surface area (TPSA) is 90.4 Å². The van der Waals surface area contributed by atoms with Gasteiger partial charge in [-0.2, -0.15) is 0 Å². The van der Waals surface area contributed by atoms with E-state index in [1.807, 2.05) is 0 Å². The molecule has 0 aliphatic heterocycles. The lowest BCUT2D eigenvalue weighted by atomic mass is 10.2. The highest BCUT2D eigenvalue weighted by molar-refractivity contribution is 5.94. The van der Waals surface area contributed by atoms with Gasteiger partial charge in [0.2, 0.25) is 0 Å². The summed E-state index contributed by atoms with van der Waals surface area (Å²) in [7, 11) is 0. The van der Waals surface area contributed by atoms with Crippen molar-refractivity contribution in [3.63, 3.8) is 0 Å². The minimum Gasteiger partial charge on any atom is -0.492 e. The highest BCUT2D eigenvalue weighted by atomic mass is 16.5. The highest BCUT2D eigenvalue weighted by Crippen LogP contribution is 2.11. The maximum Gasteiger partial charge on any atom is 0.251 e. The molecule has 0 atom stereocenters. The van der Waals surface area contributed by atoms with Crippen LogP contribution in [0.1, 0.15) is 16.8 Å². The molecule has 0 saturated carbocycles. The number of ether oxygens (including phenoxy) is 1. The molecule has 17 heavy (non-hydrogen) atoms. The molecule has 0 heterocycles. The van der Waals surface area contributed by atoms with Crippen molar-refractivity contribution in [1.29, 1.82) is 0 Å². The fourth-order valence-corrected chi connectivity index (χ4v) is 1.29. The van der Waals surface area contributed by atoms with Crippen LogP contribution in [0, 0.1) is 0 Å². The Morgan fingerprint density at radius 2 is 1.88 bits per heavy atom. The number of carbonyl (C=O) groups is 1. The molecule has 5 N–H and O–H groups in total. The molecule has 0 radical (unpaired) electrons. The summed E-state index contributed by atoms with van der Waals surface area (Å²) in [5, 5.41) is 2.78. The molecule has 1 amide bonds. The zero-order valence-corrected chi connectivity index (χ0v) is 9.82. The number of rotatable bonds is 7. The van der Waals surface area contributed by atoms with Crippen LogP contribution >= 0.6 is 0 Å². The van der Waals surface area contributed by atoms with Crippen molar-refractivity contribution in [2.45, 2.75) is 6.42 Å². The van der Waals surface area contributed by atoms with E-state index in [4.69, 9.17) is 16.2 Å². The van der Waals surface area contributed by atoms with Gasteiger partial charge in [-0.15, -0.1) is 0 Å². The van der Waals surface area contributed by atoms with Gasteiger partial charge in [-0.25, -0.2) is 0 Å². The Kier molecular flexibility index (Phi) is 6.06. The van der Waals surface area contributed by atoms with Crippen LogP contribution < -0.4 is 21.5 Å². The maximum atomic E-state index is 11.6. The lowest BCUT2D eigenvalue weighted by Crippen LogP contribution is -2.25. The minimum atomic E-state index is -0.0937. The van der Waals surface area contributed by atoms with E-state index in [1.54, 1.807) is 24.3 Å². The molecular weight excluding hydrogens is 218 g/mol. The fourth-order valence-electron chi connectivity index (χ4n) is 1.29. The summed E-state index contributed by atoms with van der Waals surface area (Å²) in [5.41, 5.74) is 11.3. The normalized spacial score (nSPS) is 10.0. The number of carbonyl (C=O) groups excluding carboxylic acids is 1.